The van der Waals surface area contributed by atoms with Crippen LogP contribution in [0.5, 0.6) is 0 Å². The van der Waals surface area contributed by atoms with Gasteiger partial charge in [0.15, 0.2) is 0 Å². The lowest BCUT2D eigenvalue weighted by Crippen LogP contribution is -1.82. The van der Waals surface area contributed by atoms with Crippen LogP contribution in [0, 0.1) is 13.8 Å². The van der Waals surface area contributed by atoms with Gasteiger partial charge < -0.3 is 4.98 Å². The monoisotopic (exact) mass is 222 g/mol. The maximum absolute atomic E-state index is 4.41. The van der Waals surface area contributed by atoms with Crippen LogP contribution in [0.25, 0.3) is 11.6 Å². The van der Waals surface area contributed by atoms with Crippen LogP contribution in [0.15, 0.2) is 35.3 Å². The fourth-order valence-corrected chi connectivity index (χ4v) is 2.21. The summed E-state index contributed by atoms with van der Waals surface area (Å²) in [4.78, 5) is 7.77. The Morgan fingerprint density at radius 2 is 2.00 bits per heavy atom. The van der Waals surface area contributed by atoms with Crippen LogP contribution in [0.1, 0.15) is 22.5 Å². The standard InChI is InChI=1S/C15H14N2/c1-10-7-11(2)17-15(10)8-12-9-16-14-6-4-3-5-13(12)14/h3-9,17H,1-2H3. The van der Waals surface area contributed by atoms with E-state index in [1.807, 2.05) is 24.4 Å². The molecule has 1 aromatic heterocycles. The van der Waals surface area contributed by atoms with Crippen molar-refractivity contribution in [1.29, 1.82) is 0 Å². The minimum absolute atomic E-state index is 1.06. The summed E-state index contributed by atoms with van der Waals surface area (Å²) >= 11 is 0. The molecule has 0 spiro atoms. The molecule has 0 amide bonds. The van der Waals surface area contributed by atoms with Crippen molar-refractivity contribution in [2.45, 2.75) is 13.8 Å². The van der Waals surface area contributed by atoms with E-state index in [2.05, 4.69) is 42.0 Å². The van der Waals surface area contributed by atoms with E-state index in [4.69, 9.17) is 0 Å². The maximum Gasteiger partial charge on any atom is 0.0708 e. The van der Waals surface area contributed by atoms with Crippen LogP contribution in [0.4, 0.5) is 5.69 Å². The van der Waals surface area contributed by atoms with Gasteiger partial charge in [-0.2, -0.15) is 0 Å². The highest BCUT2D eigenvalue weighted by Crippen LogP contribution is 2.32. The molecule has 0 saturated carbocycles. The Morgan fingerprint density at radius 3 is 2.76 bits per heavy atom. The lowest BCUT2D eigenvalue weighted by Gasteiger charge is -1.99. The van der Waals surface area contributed by atoms with Crippen molar-refractivity contribution in [2.75, 3.05) is 0 Å². The van der Waals surface area contributed by atoms with Crippen molar-refractivity contribution < 1.29 is 0 Å². The summed E-state index contributed by atoms with van der Waals surface area (Å²) < 4.78 is 0. The van der Waals surface area contributed by atoms with Crippen LogP contribution < -0.4 is 0 Å². The second-order valence-corrected chi connectivity index (χ2v) is 4.42. The normalized spacial score (nSPS) is 15.5. The molecule has 84 valence electrons. The van der Waals surface area contributed by atoms with Crippen molar-refractivity contribution >= 4 is 23.6 Å². The SMILES string of the molecule is Cc1cc(C)c(C=C2C=Nc3ccccc32)[nH]1. The average Bonchev–Trinajstić information content (AvgIpc) is 2.85. The lowest BCUT2D eigenvalue weighted by atomic mass is 10.1. The Labute approximate surface area is 101 Å². The van der Waals surface area contributed by atoms with Crippen molar-refractivity contribution in [3.05, 3.63) is 52.8 Å². The van der Waals surface area contributed by atoms with Gasteiger partial charge in [0.05, 0.1) is 5.69 Å². The Balaban J connectivity index is 2.08. The topological polar surface area (TPSA) is 28.1 Å². The summed E-state index contributed by atoms with van der Waals surface area (Å²) in [6.45, 7) is 4.19. The zero-order valence-electron chi connectivity index (χ0n) is 9.99. The molecule has 2 heteroatoms. The van der Waals surface area contributed by atoms with E-state index < -0.39 is 0 Å². The van der Waals surface area contributed by atoms with Gasteiger partial charge in [0.1, 0.15) is 0 Å². The van der Waals surface area contributed by atoms with Gasteiger partial charge in [0.25, 0.3) is 0 Å². The highest BCUT2D eigenvalue weighted by molar-refractivity contribution is 6.21. The van der Waals surface area contributed by atoms with E-state index in [0.717, 1.165) is 5.69 Å². The van der Waals surface area contributed by atoms with Gasteiger partial charge in [-0.1, -0.05) is 18.2 Å². The Morgan fingerprint density at radius 1 is 1.18 bits per heavy atom. The molecule has 1 aliphatic heterocycles. The molecule has 0 aliphatic carbocycles. The predicted octanol–water partition coefficient (Wildman–Crippen LogP) is 3.89. The van der Waals surface area contributed by atoms with Gasteiger partial charge in [-0.05, 0) is 37.6 Å². The molecule has 1 aliphatic rings. The summed E-state index contributed by atoms with van der Waals surface area (Å²) in [5.74, 6) is 0. The third-order valence-electron chi connectivity index (χ3n) is 3.05. The van der Waals surface area contributed by atoms with Gasteiger partial charge in [0, 0.05) is 28.7 Å². The Hall–Kier alpha value is -2.09. The number of nitrogens with zero attached hydrogens (tertiary/aromatic N) is 1. The van der Waals surface area contributed by atoms with Crippen LogP contribution in [-0.2, 0) is 0 Å². The van der Waals surface area contributed by atoms with Gasteiger partial charge >= 0.3 is 0 Å². The zero-order valence-corrected chi connectivity index (χ0v) is 9.99. The van der Waals surface area contributed by atoms with E-state index in [-0.39, 0.29) is 0 Å². The van der Waals surface area contributed by atoms with E-state index in [0.29, 0.717) is 0 Å². The molecular weight excluding hydrogens is 208 g/mol. The van der Waals surface area contributed by atoms with Gasteiger partial charge in [-0.15, -0.1) is 0 Å². The second-order valence-electron chi connectivity index (χ2n) is 4.42. The van der Waals surface area contributed by atoms with Crippen LogP contribution >= 0.6 is 0 Å². The number of aromatic amines is 1. The molecule has 0 saturated heterocycles. The number of nitrogens with one attached hydrogen (secondary N) is 1. The van der Waals surface area contributed by atoms with Crippen molar-refractivity contribution in [1.82, 2.24) is 4.98 Å². The first-order valence-corrected chi connectivity index (χ1v) is 5.75. The van der Waals surface area contributed by atoms with Gasteiger partial charge in [-0.3, -0.25) is 4.99 Å². The van der Waals surface area contributed by atoms with Crippen LogP contribution in [-0.4, -0.2) is 11.2 Å². The number of rotatable bonds is 1. The first kappa shape index (κ1) is 10.1. The van der Waals surface area contributed by atoms with E-state index >= 15 is 0 Å². The van der Waals surface area contributed by atoms with E-state index in [1.165, 1.54) is 28.1 Å². The van der Waals surface area contributed by atoms with Gasteiger partial charge in [-0.25, -0.2) is 0 Å². The number of hydrogen-bond acceptors (Lipinski definition) is 1. The molecule has 3 rings (SSSR count). The van der Waals surface area contributed by atoms with Crippen molar-refractivity contribution in [3.8, 4) is 0 Å². The highest BCUT2D eigenvalue weighted by Gasteiger charge is 2.11. The van der Waals surface area contributed by atoms with E-state index in [1.54, 1.807) is 0 Å². The number of H-pyrrole nitrogens is 1. The molecule has 17 heavy (non-hydrogen) atoms. The zero-order chi connectivity index (χ0) is 11.8. The Kier molecular flexibility index (Phi) is 2.22. The lowest BCUT2D eigenvalue weighted by molar-refractivity contribution is 1.24. The number of para-hydroxylation sites is 1. The average molecular weight is 222 g/mol. The number of benzene rings is 1. The molecule has 0 atom stereocenters. The smallest absolute Gasteiger partial charge is 0.0708 e. The highest BCUT2D eigenvalue weighted by atomic mass is 14.8. The molecule has 1 N–H and O–H groups in total. The Bertz CT molecular complexity index is 630. The molecular formula is C15H14N2. The fourth-order valence-electron chi connectivity index (χ4n) is 2.21. The van der Waals surface area contributed by atoms with E-state index in [9.17, 15) is 0 Å². The summed E-state index contributed by atoms with van der Waals surface area (Å²) in [6.07, 6.45) is 4.10. The molecule has 2 aromatic rings. The number of aliphatic imine (C=N–C) groups is 1. The number of fused-ring (bicyclic) bond motifs is 1. The summed E-state index contributed by atoms with van der Waals surface area (Å²) in [5.41, 5.74) is 7.07. The third-order valence-corrected chi connectivity index (χ3v) is 3.05. The number of aromatic nitrogens is 1. The molecule has 1 aromatic carbocycles. The summed E-state index contributed by atoms with van der Waals surface area (Å²) in [6, 6.07) is 10.4. The maximum atomic E-state index is 4.41. The number of hydrogen-bond donors (Lipinski definition) is 1. The number of allylic oxidation sites excluding steroid dienone is 1. The summed E-state index contributed by atoms with van der Waals surface area (Å²) in [5, 5.41) is 0. The molecule has 0 radical (unpaired) electrons. The fraction of sp³-hybridized carbons (Fsp3) is 0.133. The molecule has 2 heterocycles. The third kappa shape index (κ3) is 1.72. The minimum atomic E-state index is 1.06. The van der Waals surface area contributed by atoms with Crippen molar-refractivity contribution in [3.63, 3.8) is 0 Å². The second kappa shape index (κ2) is 3.74. The quantitative estimate of drug-likeness (QED) is 0.758. The summed E-state index contributed by atoms with van der Waals surface area (Å²) in [7, 11) is 0. The van der Waals surface area contributed by atoms with Gasteiger partial charge in [0.2, 0.25) is 0 Å². The minimum Gasteiger partial charge on any atom is -0.359 e. The van der Waals surface area contributed by atoms with Crippen LogP contribution in [0.2, 0.25) is 0 Å². The molecule has 0 bridgehead atoms. The number of aryl methyl sites for hydroxylation is 2. The molecule has 0 unspecified atom stereocenters. The molecule has 0 fully saturated rings. The van der Waals surface area contributed by atoms with Crippen molar-refractivity contribution in [2.24, 2.45) is 4.99 Å². The predicted molar refractivity (Wildman–Crippen MR) is 72.7 cm³/mol. The molecule has 2 nitrogen and oxygen atoms in total. The first-order chi connectivity index (χ1) is 8.24. The largest absolute Gasteiger partial charge is 0.359 e. The first-order valence-electron chi connectivity index (χ1n) is 5.75. The van der Waals surface area contributed by atoms with Crippen LogP contribution in [0.3, 0.4) is 0 Å².